The first-order chi connectivity index (χ1) is 15.0. The van der Waals surface area contributed by atoms with E-state index in [-0.39, 0.29) is 11.8 Å². The Balaban J connectivity index is 1.85. The number of methoxy groups -OCH3 is 2. The zero-order valence-electron chi connectivity index (χ0n) is 18.0. The highest BCUT2D eigenvalue weighted by atomic mass is 16.5. The van der Waals surface area contributed by atoms with Crippen molar-refractivity contribution in [2.45, 2.75) is 25.7 Å². The van der Waals surface area contributed by atoms with Crippen molar-refractivity contribution in [2.75, 3.05) is 20.8 Å². The summed E-state index contributed by atoms with van der Waals surface area (Å²) in [5, 5.41) is 12.5. The SMILES string of the molecule is COc1ccc(/C=C(/C(=O)NC[C@@H]2CCCC[C@@H]2C(=O)O)c2ccccc2)cc1OC. The van der Waals surface area contributed by atoms with Crippen LogP contribution in [0, 0.1) is 11.8 Å². The van der Waals surface area contributed by atoms with Gasteiger partial charge in [-0.25, -0.2) is 0 Å². The number of benzene rings is 2. The molecule has 0 spiro atoms. The van der Waals surface area contributed by atoms with Gasteiger partial charge in [-0.1, -0.05) is 49.2 Å². The van der Waals surface area contributed by atoms with Crippen LogP contribution in [0.4, 0.5) is 0 Å². The fourth-order valence-corrected chi connectivity index (χ4v) is 4.10. The lowest BCUT2D eigenvalue weighted by Crippen LogP contribution is -2.37. The number of hydrogen-bond acceptors (Lipinski definition) is 4. The van der Waals surface area contributed by atoms with Gasteiger partial charge in [-0.3, -0.25) is 9.59 Å². The van der Waals surface area contributed by atoms with E-state index in [1.165, 1.54) is 0 Å². The normalized spacial score (nSPS) is 18.8. The molecule has 6 nitrogen and oxygen atoms in total. The fraction of sp³-hybridized carbons (Fsp3) is 0.360. The second-order valence-corrected chi connectivity index (χ2v) is 7.74. The van der Waals surface area contributed by atoms with Crippen molar-refractivity contribution in [3.8, 4) is 11.5 Å². The average Bonchev–Trinajstić information content (AvgIpc) is 2.81. The predicted molar refractivity (Wildman–Crippen MR) is 120 cm³/mol. The molecule has 1 fully saturated rings. The third-order valence-corrected chi connectivity index (χ3v) is 5.80. The van der Waals surface area contributed by atoms with E-state index in [0.29, 0.717) is 30.0 Å². The molecule has 3 rings (SSSR count). The average molecular weight is 424 g/mol. The van der Waals surface area contributed by atoms with Gasteiger partial charge in [-0.2, -0.15) is 0 Å². The van der Waals surface area contributed by atoms with E-state index < -0.39 is 11.9 Å². The lowest BCUT2D eigenvalue weighted by molar-refractivity contribution is -0.145. The second kappa shape index (κ2) is 10.7. The summed E-state index contributed by atoms with van der Waals surface area (Å²) in [7, 11) is 3.14. The highest BCUT2D eigenvalue weighted by molar-refractivity contribution is 6.24. The first-order valence-electron chi connectivity index (χ1n) is 10.5. The molecule has 0 saturated heterocycles. The molecule has 0 aliphatic heterocycles. The van der Waals surface area contributed by atoms with Crippen molar-refractivity contribution in [1.29, 1.82) is 0 Å². The van der Waals surface area contributed by atoms with E-state index in [1.807, 2.05) is 48.5 Å². The van der Waals surface area contributed by atoms with E-state index in [9.17, 15) is 14.7 Å². The molecule has 1 aliphatic carbocycles. The number of nitrogens with one attached hydrogen (secondary N) is 1. The smallest absolute Gasteiger partial charge is 0.306 e. The first-order valence-corrected chi connectivity index (χ1v) is 10.5. The van der Waals surface area contributed by atoms with Crippen LogP contribution < -0.4 is 14.8 Å². The van der Waals surface area contributed by atoms with Crippen molar-refractivity contribution >= 4 is 23.5 Å². The molecular formula is C25H29NO5. The van der Waals surface area contributed by atoms with Crippen molar-refractivity contribution in [1.82, 2.24) is 5.32 Å². The van der Waals surface area contributed by atoms with Crippen molar-refractivity contribution in [2.24, 2.45) is 11.8 Å². The number of aliphatic carboxylic acids is 1. The van der Waals surface area contributed by atoms with Crippen molar-refractivity contribution < 1.29 is 24.2 Å². The van der Waals surface area contributed by atoms with Crippen molar-refractivity contribution in [3.63, 3.8) is 0 Å². The lowest BCUT2D eigenvalue weighted by Gasteiger charge is -2.28. The molecule has 2 aromatic rings. The Morgan fingerprint density at radius 2 is 1.74 bits per heavy atom. The Bertz CT molecular complexity index is 938. The Hall–Kier alpha value is -3.28. The molecule has 2 aromatic carbocycles. The van der Waals surface area contributed by atoms with Gasteiger partial charge in [0.25, 0.3) is 5.91 Å². The van der Waals surface area contributed by atoms with Crippen LogP contribution in [0.15, 0.2) is 48.5 Å². The molecule has 0 bridgehead atoms. The summed E-state index contributed by atoms with van der Waals surface area (Å²) in [6.07, 6.45) is 5.22. The van der Waals surface area contributed by atoms with E-state index in [1.54, 1.807) is 20.3 Å². The molecule has 164 valence electrons. The number of carboxylic acid groups (broad SMARTS) is 1. The topological polar surface area (TPSA) is 84.9 Å². The Morgan fingerprint density at radius 3 is 2.42 bits per heavy atom. The highest BCUT2D eigenvalue weighted by Gasteiger charge is 2.31. The van der Waals surface area contributed by atoms with Gasteiger partial charge in [0.15, 0.2) is 11.5 Å². The van der Waals surface area contributed by atoms with Gasteiger partial charge < -0.3 is 19.9 Å². The quantitative estimate of drug-likeness (QED) is 0.490. The van der Waals surface area contributed by atoms with Crippen LogP contribution in [0.5, 0.6) is 11.5 Å². The minimum absolute atomic E-state index is 0.0479. The van der Waals surface area contributed by atoms with Gasteiger partial charge in [0, 0.05) is 12.1 Å². The van der Waals surface area contributed by atoms with Gasteiger partial charge in [-0.05, 0) is 48.1 Å². The third kappa shape index (κ3) is 5.66. The molecule has 31 heavy (non-hydrogen) atoms. The molecule has 0 radical (unpaired) electrons. The second-order valence-electron chi connectivity index (χ2n) is 7.74. The van der Waals surface area contributed by atoms with Crippen LogP contribution in [-0.4, -0.2) is 37.7 Å². The summed E-state index contributed by atoms with van der Waals surface area (Å²) in [6.45, 7) is 0.353. The summed E-state index contributed by atoms with van der Waals surface area (Å²) in [5.74, 6) is -0.255. The van der Waals surface area contributed by atoms with E-state index >= 15 is 0 Å². The Labute approximate surface area is 182 Å². The highest BCUT2D eigenvalue weighted by Crippen LogP contribution is 2.31. The number of rotatable bonds is 8. The summed E-state index contributed by atoms with van der Waals surface area (Å²) >= 11 is 0. The number of carbonyl (C=O) groups is 2. The summed E-state index contributed by atoms with van der Waals surface area (Å²) in [5.41, 5.74) is 2.09. The van der Waals surface area contributed by atoms with Crippen LogP contribution >= 0.6 is 0 Å². The third-order valence-electron chi connectivity index (χ3n) is 5.80. The monoisotopic (exact) mass is 423 g/mol. The van der Waals surface area contributed by atoms with Crippen LogP contribution in [0.1, 0.15) is 36.8 Å². The number of carboxylic acids is 1. The van der Waals surface area contributed by atoms with Gasteiger partial charge >= 0.3 is 5.97 Å². The number of hydrogen-bond donors (Lipinski definition) is 2. The van der Waals surface area contributed by atoms with E-state index in [4.69, 9.17) is 9.47 Å². The molecule has 1 amide bonds. The van der Waals surface area contributed by atoms with Crippen LogP contribution in [0.2, 0.25) is 0 Å². The molecular weight excluding hydrogens is 394 g/mol. The van der Waals surface area contributed by atoms with E-state index in [2.05, 4.69) is 5.32 Å². The summed E-state index contributed by atoms with van der Waals surface area (Å²) in [4.78, 5) is 24.7. The standard InChI is InChI=1S/C25H29NO5/c1-30-22-13-12-17(15-23(22)31-2)14-21(18-8-4-3-5-9-18)24(27)26-16-19-10-6-7-11-20(19)25(28)29/h3-5,8-9,12-15,19-20H,6-7,10-11,16H2,1-2H3,(H,26,27)(H,28,29)/b21-14+/t19-,20-/m0/s1. The van der Waals surface area contributed by atoms with Crippen LogP contribution in [0.3, 0.4) is 0 Å². The maximum Gasteiger partial charge on any atom is 0.306 e. The molecule has 6 heteroatoms. The molecule has 0 aromatic heterocycles. The number of carbonyl (C=O) groups excluding carboxylic acids is 1. The largest absolute Gasteiger partial charge is 0.493 e. The number of amides is 1. The van der Waals surface area contributed by atoms with Gasteiger partial charge in [0.2, 0.25) is 0 Å². The fourth-order valence-electron chi connectivity index (χ4n) is 4.10. The Kier molecular flexibility index (Phi) is 7.70. The molecule has 0 heterocycles. The van der Waals surface area contributed by atoms with Crippen LogP contribution in [0.25, 0.3) is 11.6 Å². The molecule has 2 N–H and O–H groups in total. The zero-order valence-corrected chi connectivity index (χ0v) is 18.0. The predicted octanol–water partition coefficient (Wildman–Crippen LogP) is 4.25. The lowest BCUT2D eigenvalue weighted by atomic mass is 9.79. The first kappa shape index (κ1) is 22.4. The number of ether oxygens (including phenoxy) is 2. The maximum absolute atomic E-state index is 13.2. The minimum atomic E-state index is -0.775. The Morgan fingerprint density at radius 1 is 1.03 bits per heavy atom. The van der Waals surface area contributed by atoms with Gasteiger partial charge in [-0.15, -0.1) is 0 Å². The van der Waals surface area contributed by atoms with Crippen molar-refractivity contribution in [3.05, 3.63) is 59.7 Å². The summed E-state index contributed by atoms with van der Waals surface area (Å²) in [6, 6.07) is 14.9. The maximum atomic E-state index is 13.2. The van der Waals surface area contributed by atoms with Crippen LogP contribution in [-0.2, 0) is 9.59 Å². The molecule has 2 atom stereocenters. The van der Waals surface area contributed by atoms with Gasteiger partial charge in [0.05, 0.1) is 20.1 Å². The molecule has 1 aliphatic rings. The summed E-state index contributed by atoms with van der Waals surface area (Å²) < 4.78 is 10.7. The van der Waals surface area contributed by atoms with Gasteiger partial charge in [0.1, 0.15) is 0 Å². The van der Waals surface area contributed by atoms with E-state index in [0.717, 1.165) is 30.4 Å². The minimum Gasteiger partial charge on any atom is -0.493 e. The molecule has 0 unspecified atom stereocenters. The molecule has 1 saturated carbocycles. The zero-order chi connectivity index (χ0) is 22.2.